The number of fused-ring (bicyclic) bond motifs is 1. The molecule has 0 fully saturated rings. The molecule has 7 heteroatoms. The molecule has 0 amide bonds. The van der Waals surface area contributed by atoms with E-state index in [1.165, 1.54) is 10.8 Å². The standard InChI is InChI=1S/C14H13ClN4O2/c1-9-12(15)18-14-16-8-17-19(14)13(9)21-11-4-2-10(3-5-11)6-7-20/h2-5,8,20H,6-7H2,1H3. The predicted molar refractivity (Wildman–Crippen MR) is 77.8 cm³/mol. The lowest BCUT2D eigenvalue weighted by atomic mass is 10.1. The van der Waals surface area contributed by atoms with E-state index in [-0.39, 0.29) is 6.61 Å². The van der Waals surface area contributed by atoms with Crippen LogP contribution in [-0.2, 0) is 6.42 Å². The average molecular weight is 305 g/mol. The molecule has 0 bridgehead atoms. The molecule has 0 saturated carbocycles. The van der Waals surface area contributed by atoms with Crippen molar-refractivity contribution < 1.29 is 9.84 Å². The van der Waals surface area contributed by atoms with Gasteiger partial charge in [-0.2, -0.15) is 19.6 Å². The van der Waals surface area contributed by atoms with Crippen molar-refractivity contribution >= 4 is 17.4 Å². The molecule has 0 aliphatic heterocycles. The summed E-state index contributed by atoms with van der Waals surface area (Å²) in [7, 11) is 0. The van der Waals surface area contributed by atoms with E-state index in [9.17, 15) is 0 Å². The molecule has 0 spiro atoms. The number of hydrogen-bond acceptors (Lipinski definition) is 5. The quantitative estimate of drug-likeness (QED) is 0.749. The van der Waals surface area contributed by atoms with Gasteiger partial charge in [-0.3, -0.25) is 0 Å². The first-order chi connectivity index (χ1) is 10.2. The molecular weight excluding hydrogens is 292 g/mol. The van der Waals surface area contributed by atoms with Crippen molar-refractivity contribution in [1.29, 1.82) is 0 Å². The van der Waals surface area contributed by atoms with Gasteiger partial charge in [0, 0.05) is 12.2 Å². The Hall–Kier alpha value is -2.18. The van der Waals surface area contributed by atoms with Gasteiger partial charge >= 0.3 is 0 Å². The van der Waals surface area contributed by atoms with Crippen LogP contribution in [0.4, 0.5) is 0 Å². The van der Waals surface area contributed by atoms with Crippen LogP contribution in [0.15, 0.2) is 30.6 Å². The van der Waals surface area contributed by atoms with E-state index in [4.69, 9.17) is 21.4 Å². The number of rotatable bonds is 4. The van der Waals surface area contributed by atoms with Crippen LogP contribution >= 0.6 is 11.6 Å². The Morgan fingerprint density at radius 1 is 1.29 bits per heavy atom. The molecule has 0 radical (unpaired) electrons. The van der Waals surface area contributed by atoms with Gasteiger partial charge < -0.3 is 9.84 Å². The molecule has 2 aromatic heterocycles. The minimum atomic E-state index is 0.124. The first-order valence-electron chi connectivity index (χ1n) is 6.42. The fraction of sp³-hybridized carbons (Fsp3) is 0.214. The highest BCUT2D eigenvalue weighted by atomic mass is 35.5. The summed E-state index contributed by atoms with van der Waals surface area (Å²) >= 11 is 6.08. The zero-order chi connectivity index (χ0) is 14.8. The first-order valence-corrected chi connectivity index (χ1v) is 6.80. The van der Waals surface area contributed by atoms with Crippen molar-refractivity contribution in [2.75, 3.05) is 6.61 Å². The fourth-order valence-electron chi connectivity index (χ4n) is 1.96. The van der Waals surface area contributed by atoms with Crippen LogP contribution in [0.1, 0.15) is 11.1 Å². The monoisotopic (exact) mass is 304 g/mol. The second kappa shape index (κ2) is 5.67. The lowest BCUT2D eigenvalue weighted by Crippen LogP contribution is -2.01. The molecule has 0 atom stereocenters. The minimum absolute atomic E-state index is 0.124. The third-order valence-electron chi connectivity index (χ3n) is 3.09. The number of aromatic nitrogens is 4. The van der Waals surface area contributed by atoms with E-state index >= 15 is 0 Å². The fourth-order valence-corrected chi connectivity index (χ4v) is 2.11. The van der Waals surface area contributed by atoms with Crippen LogP contribution in [0.5, 0.6) is 11.6 Å². The summed E-state index contributed by atoms with van der Waals surface area (Å²) in [6.07, 6.45) is 2.02. The predicted octanol–water partition coefficient (Wildman–Crippen LogP) is 2.41. The number of nitrogens with zero attached hydrogens (tertiary/aromatic N) is 4. The number of halogens is 1. The number of hydrogen-bond donors (Lipinski definition) is 1. The summed E-state index contributed by atoms with van der Waals surface area (Å²) in [5.41, 5.74) is 1.73. The Morgan fingerprint density at radius 2 is 2.05 bits per heavy atom. The van der Waals surface area contributed by atoms with Crippen molar-refractivity contribution in [1.82, 2.24) is 19.6 Å². The Bertz CT molecular complexity index is 770. The SMILES string of the molecule is Cc1c(Cl)nc2ncnn2c1Oc1ccc(CCO)cc1. The van der Waals surface area contributed by atoms with Crippen molar-refractivity contribution in [3.05, 3.63) is 46.9 Å². The number of benzene rings is 1. The van der Waals surface area contributed by atoms with E-state index < -0.39 is 0 Å². The highest BCUT2D eigenvalue weighted by Gasteiger charge is 2.14. The second-order valence-corrected chi connectivity index (χ2v) is 4.88. The Morgan fingerprint density at radius 3 is 2.76 bits per heavy atom. The van der Waals surface area contributed by atoms with E-state index in [0.29, 0.717) is 34.5 Å². The summed E-state index contributed by atoms with van der Waals surface area (Å²) in [6.45, 7) is 1.94. The zero-order valence-corrected chi connectivity index (χ0v) is 12.1. The van der Waals surface area contributed by atoms with E-state index in [0.717, 1.165) is 5.56 Å². The second-order valence-electron chi connectivity index (χ2n) is 4.52. The van der Waals surface area contributed by atoms with Crippen LogP contribution in [0.2, 0.25) is 5.15 Å². The summed E-state index contributed by atoms with van der Waals surface area (Å²) in [4.78, 5) is 8.13. The topological polar surface area (TPSA) is 72.5 Å². The van der Waals surface area contributed by atoms with Crippen LogP contribution in [-0.4, -0.2) is 31.3 Å². The maximum Gasteiger partial charge on any atom is 0.256 e. The van der Waals surface area contributed by atoms with Gasteiger partial charge in [-0.1, -0.05) is 23.7 Å². The molecule has 3 rings (SSSR count). The van der Waals surface area contributed by atoms with Crippen molar-refractivity contribution in [3.8, 4) is 11.6 Å². The van der Waals surface area contributed by atoms with Crippen molar-refractivity contribution in [2.24, 2.45) is 0 Å². The molecule has 0 aliphatic carbocycles. The average Bonchev–Trinajstić information content (AvgIpc) is 2.94. The summed E-state index contributed by atoms with van der Waals surface area (Å²) in [5.74, 6) is 1.52. The largest absolute Gasteiger partial charge is 0.438 e. The zero-order valence-electron chi connectivity index (χ0n) is 11.3. The number of aliphatic hydroxyl groups is 1. The Balaban J connectivity index is 1.97. The maximum atomic E-state index is 8.91. The molecule has 6 nitrogen and oxygen atoms in total. The molecular formula is C14H13ClN4O2. The molecule has 1 aromatic carbocycles. The van der Waals surface area contributed by atoms with Crippen molar-refractivity contribution in [2.45, 2.75) is 13.3 Å². The van der Waals surface area contributed by atoms with E-state index in [2.05, 4.69) is 15.1 Å². The molecule has 1 N–H and O–H groups in total. The maximum absolute atomic E-state index is 8.91. The number of aliphatic hydroxyl groups excluding tert-OH is 1. The normalized spacial score (nSPS) is 11.0. The molecule has 0 unspecified atom stereocenters. The van der Waals surface area contributed by atoms with Crippen LogP contribution in [0, 0.1) is 6.92 Å². The number of ether oxygens (including phenoxy) is 1. The van der Waals surface area contributed by atoms with Gasteiger partial charge in [-0.15, -0.1) is 0 Å². The molecule has 0 saturated heterocycles. The Kier molecular flexibility index (Phi) is 3.72. The van der Waals surface area contributed by atoms with Gasteiger partial charge in [-0.05, 0) is 31.0 Å². The lowest BCUT2D eigenvalue weighted by molar-refractivity contribution is 0.299. The molecule has 108 valence electrons. The molecule has 3 aromatic rings. The van der Waals surface area contributed by atoms with E-state index in [1.54, 1.807) is 0 Å². The van der Waals surface area contributed by atoms with Gasteiger partial charge in [0.15, 0.2) is 0 Å². The third-order valence-corrected chi connectivity index (χ3v) is 3.46. The van der Waals surface area contributed by atoms with Crippen LogP contribution in [0.3, 0.4) is 0 Å². The Labute approximate surface area is 126 Å². The highest BCUT2D eigenvalue weighted by molar-refractivity contribution is 6.30. The van der Waals surface area contributed by atoms with Crippen LogP contribution < -0.4 is 4.74 Å². The van der Waals surface area contributed by atoms with Crippen molar-refractivity contribution in [3.63, 3.8) is 0 Å². The van der Waals surface area contributed by atoms with Gasteiger partial charge in [0.1, 0.15) is 17.2 Å². The van der Waals surface area contributed by atoms with Gasteiger partial charge in [-0.25, -0.2) is 0 Å². The lowest BCUT2D eigenvalue weighted by Gasteiger charge is -2.11. The molecule has 21 heavy (non-hydrogen) atoms. The molecule has 0 aliphatic rings. The first kappa shape index (κ1) is 13.8. The smallest absolute Gasteiger partial charge is 0.256 e. The van der Waals surface area contributed by atoms with E-state index in [1.807, 2.05) is 31.2 Å². The summed E-state index contributed by atoms with van der Waals surface area (Å²) in [6, 6.07) is 7.48. The van der Waals surface area contributed by atoms with Gasteiger partial charge in [0.2, 0.25) is 5.88 Å². The third kappa shape index (κ3) is 2.68. The molecule has 2 heterocycles. The minimum Gasteiger partial charge on any atom is -0.438 e. The van der Waals surface area contributed by atoms with Crippen LogP contribution in [0.25, 0.3) is 5.78 Å². The summed E-state index contributed by atoms with van der Waals surface area (Å²) in [5, 5.41) is 13.3. The highest BCUT2D eigenvalue weighted by Crippen LogP contribution is 2.28. The van der Waals surface area contributed by atoms with Gasteiger partial charge in [0.05, 0.1) is 0 Å². The summed E-state index contributed by atoms with van der Waals surface area (Å²) < 4.78 is 7.37. The van der Waals surface area contributed by atoms with Gasteiger partial charge in [0.25, 0.3) is 5.78 Å².